The first-order valence-electron chi connectivity index (χ1n) is 5.92. The second-order valence-electron chi connectivity index (χ2n) is 4.40. The maximum atomic E-state index is 6.00. The third-order valence-corrected chi connectivity index (χ3v) is 3.46. The van der Waals surface area contributed by atoms with Gasteiger partial charge in [0.05, 0.1) is 6.04 Å². The molecule has 0 spiro atoms. The van der Waals surface area contributed by atoms with Gasteiger partial charge in [-0.15, -0.1) is 0 Å². The largest absolute Gasteiger partial charge is 0.398 e. The quantitative estimate of drug-likeness (QED) is 0.335. The number of hydrazine groups is 1. The van der Waals surface area contributed by atoms with Crippen molar-refractivity contribution in [2.75, 3.05) is 5.73 Å². The van der Waals surface area contributed by atoms with E-state index >= 15 is 0 Å². The Hall–Kier alpha value is -1.03. The van der Waals surface area contributed by atoms with E-state index in [0.29, 0.717) is 10.7 Å². The standard InChI is InChI=1S/C13H18ClN3/c14-10-6-7-11(12(15)8-10)13(17-16)9-4-2-1-3-5-9/h4,6-8,13,17H,1-3,5,15-16H2. The van der Waals surface area contributed by atoms with Gasteiger partial charge in [-0.2, -0.15) is 0 Å². The van der Waals surface area contributed by atoms with Crippen LogP contribution in [-0.2, 0) is 0 Å². The van der Waals surface area contributed by atoms with Crippen LogP contribution in [0.3, 0.4) is 0 Å². The maximum Gasteiger partial charge on any atom is 0.0690 e. The number of benzene rings is 1. The Morgan fingerprint density at radius 2 is 2.12 bits per heavy atom. The molecule has 1 aromatic carbocycles. The van der Waals surface area contributed by atoms with Gasteiger partial charge in [-0.05, 0) is 43.4 Å². The highest BCUT2D eigenvalue weighted by Gasteiger charge is 2.18. The van der Waals surface area contributed by atoms with Crippen molar-refractivity contribution in [3.8, 4) is 0 Å². The summed E-state index contributed by atoms with van der Waals surface area (Å²) in [4.78, 5) is 0. The van der Waals surface area contributed by atoms with Crippen LogP contribution in [0, 0.1) is 0 Å². The molecule has 0 radical (unpaired) electrons. The number of hydrogen-bond acceptors (Lipinski definition) is 3. The highest BCUT2D eigenvalue weighted by atomic mass is 35.5. The van der Waals surface area contributed by atoms with Gasteiger partial charge >= 0.3 is 0 Å². The highest BCUT2D eigenvalue weighted by Crippen LogP contribution is 2.33. The summed E-state index contributed by atoms with van der Waals surface area (Å²) in [6.45, 7) is 0. The lowest BCUT2D eigenvalue weighted by atomic mass is 9.89. The highest BCUT2D eigenvalue weighted by molar-refractivity contribution is 6.30. The van der Waals surface area contributed by atoms with E-state index in [9.17, 15) is 0 Å². The molecule has 5 N–H and O–H groups in total. The molecule has 0 saturated heterocycles. The van der Waals surface area contributed by atoms with E-state index in [-0.39, 0.29) is 6.04 Å². The number of nitrogens with one attached hydrogen (secondary N) is 1. The molecule has 3 nitrogen and oxygen atoms in total. The summed E-state index contributed by atoms with van der Waals surface area (Å²) >= 11 is 5.90. The summed E-state index contributed by atoms with van der Waals surface area (Å²) in [5.41, 5.74) is 11.9. The number of nitrogens with two attached hydrogens (primary N) is 2. The molecule has 1 aromatic rings. The number of anilines is 1. The lowest BCUT2D eigenvalue weighted by molar-refractivity contribution is 0.567. The van der Waals surface area contributed by atoms with Crippen molar-refractivity contribution in [1.29, 1.82) is 0 Å². The minimum Gasteiger partial charge on any atom is -0.398 e. The summed E-state index contributed by atoms with van der Waals surface area (Å²) in [5.74, 6) is 5.66. The second kappa shape index (κ2) is 5.54. The molecule has 0 aliphatic heterocycles. The van der Waals surface area contributed by atoms with Gasteiger partial charge in [-0.25, -0.2) is 5.43 Å². The molecule has 2 rings (SSSR count). The zero-order chi connectivity index (χ0) is 12.3. The van der Waals surface area contributed by atoms with E-state index in [1.54, 1.807) is 6.07 Å². The third-order valence-electron chi connectivity index (χ3n) is 3.22. The zero-order valence-electron chi connectivity index (χ0n) is 9.75. The second-order valence-corrected chi connectivity index (χ2v) is 4.83. The van der Waals surface area contributed by atoms with Crippen LogP contribution in [0.4, 0.5) is 5.69 Å². The van der Waals surface area contributed by atoms with Gasteiger partial charge in [-0.1, -0.05) is 29.3 Å². The SMILES string of the molecule is NNC(C1=CCCCC1)c1ccc(Cl)cc1N. The number of hydrogen-bond donors (Lipinski definition) is 3. The topological polar surface area (TPSA) is 64.1 Å². The number of halogens is 1. The smallest absolute Gasteiger partial charge is 0.0690 e. The molecule has 0 amide bonds. The molecule has 92 valence electrons. The third kappa shape index (κ3) is 2.80. The average Bonchev–Trinajstić information content (AvgIpc) is 2.34. The minimum atomic E-state index is 0.00701. The summed E-state index contributed by atoms with van der Waals surface area (Å²) in [6, 6.07) is 5.57. The lowest BCUT2D eigenvalue weighted by Crippen LogP contribution is -2.30. The van der Waals surface area contributed by atoms with Crippen LogP contribution in [0.15, 0.2) is 29.8 Å². The van der Waals surface area contributed by atoms with E-state index in [2.05, 4.69) is 11.5 Å². The molecule has 1 aliphatic carbocycles. The normalized spacial score (nSPS) is 17.6. The summed E-state index contributed by atoms with van der Waals surface area (Å²) in [5, 5.41) is 0.652. The fourth-order valence-electron chi connectivity index (χ4n) is 2.33. The molecule has 4 heteroatoms. The molecular weight excluding hydrogens is 234 g/mol. The van der Waals surface area contributed by atoms with Crippen molar-refractivity contribution >= 4 is 17.3 Å². The van der Waals surface area contributed by atoms with Crippen LogP contribution < -0.4 is 17.0 Å². The monoisotopic (exact) mass is 251 g/mol. The van der Waals surface area contributed by atoms with Crippen LogP contribution in [-0.4, -0.2) is 0 Å². The van der Waals surface area contributed by atoms with Crippen LogP contribution in [0.25, 0.3) is 0 Å². The molecule has 0 fully saturated rings. The fourth-order valence-corrected chi connectivity index (χ4v) is 2.51. The summed E-state index contributed by atoms with van der Waals surface area (Å²) < 4.78 is 0. The van der Waals surface area contributed by atoms with E-state index in [0.717, 1.165) is 18.4 Å². The van der Waals surface area contributed by atoms with Crippen molar-refractivity contribution in [1.82, 2.24) is 5.43 Å². The van der Waals surface area contributed by atoms with Crippen LogP contribution in [0.1, 0.15) is 37.3 Å². The molecule has 0 saturated carbocycles. The Labute approximate surface area is 107 Å². The molecule has 0 aromatic heterocycles. The molecule has 1 aliphatic rings. The van der Waals surface area contributed by atoms with E-state index in [1.165, 1.54) is 18.4 Å². The zero-order valence-corrected chi connectivity index (χ0v) is 10.5. The van der Waals surface area contributed by atoms with Gasteiger partial charge < -0.3 is 5.73 Å². The predicted octanol–water partition coefficient (Wildman–Crippen LogP) is 2.93. The van der Waals surface area contributed by atoms with Crippen molar-refractivity contribution in [3.63, 3.8) is 0 Å². The minimum absolute atomic E-state index is 0.00701. The van der Waals surface area contributed by atoms with E-state index < -0.39 is 0 Å². The molecule has 1 atom stereocenters. The van der Waals surface area contributed by atoms with E-state index in [1.807, 2.05) is 12.1 Å². The van der Waals surface area contributed by atoms with Crippen LogP contribution in [0.2, 0.25) is 5.02 Å². The summed E-state index contributed by atoms with van der Waals surface area (Å²) in [7, 11) is 0. The Morgan fingerprint density at radius 1 is 1.29 bits per heavy atom. The predicted molar refractivity (Wildman–Crippen MR) is 72.5 cm³/mol. The first-order valence-corrected chi connectivity index (χ1v) is 6.30. The average molecular weight is 252 g/mol. The number of rotatable bonds is 3. The summed E-state index contributed by atoms with van der Waals surface area (Å²) in [6.07, 6.45) is 6.95. The molecule has 1 unspecified atom stereocenters. The first-order chi connectivity index (χ1) is 8.22. The van der Waals surface area contributed by atoms with Gasteiger partial charge in [-0.3, -0.25) is 5.84 Å². The molecule has 0 heterocycles. The van der Waals surface area contributed by atoms with Gasteiger partial charge in [0.1, 0.15) is 0 Å². The lowest BCUT2D eigenvalue weighted by Gasteiger charge is -2.24. The Kier molecular flexibility index (Phi) is 4.05. The molecular formula is C13H18ClN3. The number of nitrogen functional groups attached to an aromatic ring is 1. The van der Waals surface area contributed by atoms with Crippen molar-refractivity contribution in [2.24, 2.45) is 5.84 Å². The van der Waals surface area contributed by atoms with E-state index in [4.69, 9.17) is 23.2 Å². The maximum absolute atomic E-state index is 6.00. The van der Waals surface area contributed by atoms with Crippen LogP contribution in [0.5, 0.6) is 0 Å². The molecule has 17 heavy (non-hydrogen) atoms. The van der Waals surface area contributed by atoms with Crippen LogP contribution >= 0.6 is 11.6 Å². The van der Waals surface area contributed by atoms with Gasteiger partial charge in [0.25, 0.3) is 0 Å². The fraction of sp³-hybridized carbons (Fsp3) is 0.385. The Bertz CT molecular complexity index is 429. The van der Waals surface area contributed by atoms with Crippen molar-refractivity contribution < 1.29 is 0 Å². The first kappa shape index (κ1) is 12.4. The Morgan fingerprint density at radius 3 is 2.71 bits per heavy atom. The number of allylic oxidation sites excluding steroid dienone is 1. The van der Waals surface area contributed by atoms with Crippen molar-refractivity contribution in [2.45, 2.75) is 31.7 Å². The van der Waals surface area contributed by atoms with Gasteiger partial charge in [0.15, 0.2) is 0 Å². The molecule has 0 bridgehead atoms. The van der Waals surface area contributed by atoms with Gasteiger partial charge in [0.2, 0.25) is 0 Å². The Balaban J connectivity index is 2.31. The van der Waals surface area contributed by atoms with Crippen molar-refractivity contribution in [3.05, 3.63) is 40.4 Å². The van der Waals surface area contributed by atoms with Gasteiger partial charge in [0, 0.05) is 10.7 Å².